The summed E-state index contributed by atoms with van der Waals surface area (Å²) >= 11 is 11.8. The largest absolute Gasteiger partial charge is 0.357 e. The zero-order valence-electron chi connectivity index (χ0n) is 16.0. The van der Waals surface area contributed by atoms with Gasteiger partial charge >= 0.3 is 0 Å². The first kappa shape index (κ1) is 21.1. The van der Waals surface area contributed by atoms with Gasteiger partial charge in [0.1, 0.15) is 5.15 Å². The molecule has 2 heterocycles. The first-order valence-electron chi connectivity index (χ1n) is 9.35. The molecule has 2 aromatic heterocycles. The van der Waals surface area contributed by atoms with Gasteiger partial charge < -0.3 is 15.2 Å². The van der Waals surface area contributed by atoms with Crippen LogP contribution in [0.3, 0.4) is 0 Å². The van der Waals surface area contributed by atoms with E-state index in [1.54, 1.807) is 24.4 Å². The van der Waals surface area contributed by atoms with Crippen molar-refractivity contribution in [2.45, 2.75) is 19.8 Å². The molecule has 7 nitrogen and oxygen atoms in total. The highest BCUT2D eigenvalue weighted by molar-refractivity contribution is 6.30. The van der Waals surface area contributed by atoms with E-state index >= 15 is 0 Å². The molecule has 2 N–H and O–H groups in total. The van der Waals surface area contributed by atoms with E-state index in [1.165, 1.54) is 0 Å². The molecule has 3 aromatic rings. The maximum atomic E-state index is 6.01. The minimum Gasteiger partial charge on any atom is -0.357 e. The van der Waals surface area contributed by atoms with Crippen molar-refractivity contribution in [3.05, 3.63) is 64.2 Å². The van der Waals surface area contributed by atoms with Gasteiger partial charge in [-0.25, -0.2) is 4.98 Å². The zero-order chi connectivity index (χ0) is 20.5. The van der Waals surface area contributed by atoms with E-state index in [4.69, 9.17) is 27.7 Å². The second-order valence-electron chi connectivity index (χ2n) is 6.20. The third kappa shape index (κ3) is 6.73. The van der Waals surface area contributed by atoms with Crippen molar-refractivity contribution in [2.75, 3.05) is 19.6 Å². The number of nitrogens with zero attached hydrogens (tertiary/aromatic N) is 4. The molecular weight excluding hydrogens is 411 g/mol. The minimum atomic E-state index is 0.496. The van der Waals surface area contributed by atoms with E-state index in [-0.39, 0.29) is 0 Å². The number of guanidine groups is 1. The molecule has 0 radical (unpaired) electrons. The molecule has 3 rings (SSSR count). The fourth-order valence-corrected chi connectivity index (χ4v) is 2.89. The van der Waals surface area contributed by atoms with Gasteiger partial charge in [0.2, 0.25) is 11.7 Å². The fraction of sp³-hybridized carbons (Fsp3) is 0.300. The molecule has 0 unspecified atom stereocenters. The van der Waals surface area contributed by atoms with Crippen LogP contribution in [0, 0.1) is 0 Å². The lowest BCUT2D eigenvalue weighted by Crippen LogP contribution is -2.38. The second kappa shape index (κ2) is 10.8. The Labute approximate surface area is 179 Å². The van der Waals surface area contributed by atoms with Crippen molar-refractivity contribution in [1.29, 1.82) is 0 Å². The van der Waals surface area contributed by atoms with Crippen LogP contribution in [0.1, 0.15) is 18.4 Å². The Morgan fingerprint density at radius 2 is 2.03 bits per heavy atom. The Bertz CT molecular complexity index is 942. The number of halogens is 2. The normalized spacial score (nSPS) is 11.5. The van der Waals surface area contributed by atoms with E-state index in [1.807, 2.05) is 25.1 Å². The summed E-state index contributed by atoms with van der Waals surface area (Å²) in [6.45, 7) is 4.05. The summed E-state index contributed by atoms with van der Waals surface area (Å²) < 4.78 is 5.32. The summed E-state index contributed by atoms with van der Waals surface area (Å²) in [4.78, 5) is 13.1. The molecule has 152 valence electrons. The highest BCUT2D eigenvalue weighted by Crippen LogP contribution is 2.19. The van der Waals surface area contributed by atoms with Gasteiger partial charge in [0.15, 0.2) is 5.96 Å². The molecule has 0 fully saturated rings. The third-order valence-electron chi connectivity index (χ3n) is 3.99. The van der Waals surface area contributed by atoms with Gasteiger partial charge in [-0.2, -0.15) is 4.98 Å². The molecule has 0 saturated heterocycles. The Morgan fingerprint density at radius 3 is 2.79 bits per heavy atom. The van der Waals surface area contributed by atoms with Crippen LogP contribution in [-0.2, 0) is 12.8 Å². The molecule has 0 aliphatic rings. The highest BCUT2D eigenvalue weighted by atomic mass is 35.5. The molecule has 0 spiro atoms. The van der Waals surface area contributed by atoms with E-state index in [0.717, 1.165) is 36.6 Å². The molecule has 0 bridgehead atoms. The lowest BCUT2D eigenvalue weighted by atomic mass is 10.2. The molecular formula is C20H22Cl2N6O. The van der Waals surface area contributed by atoms with E-state index in [9.17, 15) is 0 Å². The lowest BCUT2D eigenvalue weighted by Gasteiger charge is -2.11. The SMILES string of the molecule is CCNC(=NCCc1nc(-c2cccc(Cl)c2)no1)NCCc1ccc(Cl)nc1. The summed E-state index contributed by atoms with van der Waals surface area (Å²) in [5, 5.41) is 11.7. The summed E-state index contributed by atoms with van der Waals surface area (Å²) in [6.07, 6.45) is 3.15. The van der Waals surface area contributed by atoms with Gasteiger partial charge in [-0.15, -0.1) is 0 Å². The van der Waals surface area contributed by atoms with Gasteiger partial charge in [-0.3, -0.25) is 4.99 Å². The molecule has 0 aliphatic heterocycles. The average molecular weight is 433 g/mol. The minimum absolute atomic E-state index is 0.496. The van der Waals surface area contributed by atoms with Crippen LogP contribution in [0.25, 0.3) is 11.4 Å². The Morgan fingerprint density at radius 1 is 1.14 bits per heavy atom. The maximum Gasteiger partial charge on any atom is 0.228 e. The van der Waals surface area contributed by atoms with Crippen molar-refractivity contribution < 1.29 is 4.52 Å². The first-order chi connectivity index (χ1) is 14.1. The van der Waals surface area contributed by atoms with E-state index < -0.39 is 0 Å². The molecule has 0 saturated carbocycles. The van der Waals surface area contributed by atoms with Gasteiger partial charge in [-0.1, -0.05) is 46.6 Å². The van der Waals surface area contributed by atoms with Crippen LogP contribution in [0.2, 0.25) is 10.2 Å². The number of benzene rings is 1. The number of rotatable bonds is 8. The zero-order valence-corrected chi connectivity index (χ0v) is 17.5. The Balaban J connectivity index is 1.50. The van der Waals surface area contributed by atoms with Crippen molar-refractivity contribution in [1.82, 2.24) is 25.8 Å². The van der Waals surface area contributed by atoms with Crippen molar-refractivity contribution >= 4 is 29.2 Å². The maximum absolute atomic E-state index is 6.01. The number of aliphatic imine (C=N–C) groups is 1. The molecule has 9 heteroatoms. The van der Waals surface area contributed by atoms with Crippen LogP contribution in [0.4, 0.5) is 0 Å². The van der Waals surface area contributed by atoms with Crippen molar-refractivity contribution in [3.8, 4) is 11.4 Å². The van der Waals surface area contributed by atoms with E-state index in [0.29, 0.717) is 34.9 Å². The topological polar surface area (TPSA) is 88.2 Å². The lowest BCUT2D eigenvalue weighted by molar-refractivity contribution is 0.380. The number of nitrogens with one attached hydrogen (secondary N) is 2. The fourth-order valence-electron chi connectivity index (χ4n) is 2.59. The predicted molar refractivity (Wildman–Crippen MR) is 115 cm³/mol. The molecule has 0 amide bonds. The predicted octanol–water partition coefficient (Wildman–Crippen LogP) is 3.78. The van der Waals surface area contributed by atoms with Crippen molar-refractivity contribution in [2.24, 2.45) is 4.99 Å². The summed E-state index contributed by atoms with van der Waals surface area (Å²) in [6, 6.07) is 11.1. The number of hydrogen-bond donors (Lipinski definition) is 2. The van der Waals surface area contributed by atoms with Crippen LogP contribution in [-0.4, -0.2) is 40.7 Å². The van der Waals surface area contributed by atoms with Crippen LogP contribution >= 0.6 is 23.2 Å². The Kier molecular flexibility index (Phi) is 7.84. The number of pyridine rings is 1. The van der Waals surface area contributed by atoms with Crippen LogP contribution < -0.4 is 10.6 Å². The smallest absolute Gasteiger partial charge is 0.228 e. The number of aromatic nitrogens is 3. The molecule has 0 aliphatic carbocycles. The highest BCUT2D eigenvalue weighted by Gasteiger charge is 2.09. The van der Waals surface area contributed by atoms with Crippen LogP contribution in [0.5, 0.6) is 0 Å². The number of hydrogen-bond acceptors (Lipinski definition) is 5. The summed E-state index contributed by atoms with van der Waals surface area (Å²) in [5.41, 5.74) is 1.93. The van der Waals surface area contributed by atoms with Gasteiger partial charge in [0.25, 0.3) is 0 Å². The first-order valence-corrected chi connectivity index (χ1v) is 10.1. The second-order valence-corrected chi connectivity index (χ2v) is 7.02. The summed E-state index contributed by atoms with van der Waals surface area (Å²) in [7, 11) is 0. The van der Waals surface area contributed by atoms with Crippen molar-refractivity contribution in [3.63, 3.8) is 0 Å². The molecule has 1 aromatic carbocycles. The van der Waals surface area contributed by atoms with Gasteiger partial charge in [0.05, 0.1) is 6.54 Å². The third-order valence-corrected chi connectivity index (χ3v) is 4.44. The summed E-state index contributed by atoms with van der Waals surface area (Å²) in [5.74, 6) is 1.80. The van der Waals surface area contributed by atoms with Gasteiger partial charge in [0, 0.05) is 36.3 Å². The monoisotopic (exact) mass is 432 g/mol. The van der Waals surface area contributed by atoms with E-state index in [2.05, 4.69) is 30.8 Å². The molecule has 29 heavy (non-hydrogen) atoms. The quantitative estimate of drug-likeness (QED) is 0.319. The van der Waals surface area contributed by atoms with Crippen LogP contribution in [0.15, 0.2) is 52.1 Å². The Hall–Kier alpha value is -2.64. The van der Waals surface area contributed by atoms with Gasteiger partial charge in [-0.05, 0) is 37.1 Å². The standard InChI is InChI=1S/C20H22Cl2N6O/c1-2-23-20(24-10-8-14-6-7-17(22)26-13-14)25-11-9-18-27-19(28-29-18)15-4-3-5-16(21)12-15/h3-7,12-13H,2,8-11H2,1H3,(H2,23,24,25). The average Bonchev–Trinajstić information content (AvgIpc) is 3.18. The molecule has 0 atom stereocenters.